The minimum absolute atomic E-state index is 0.0114. The van der Waals surface area contributed by atoms with E-state index in [1.54, 1.807) is 13.8 Å². The van der Waals surface area contributed by atoms with E-state index in [0.717, 1.165) is 33.5 Å². The molecule has 2 aromatic heterocycles. The molecule has 5 atom stereocenters. The first-order chi connectivity index (χ1) is 25.5. The summed E-state index contributed by atoms with van der Waals surface area (Å²) in [6, 6.07) is 19.9. The normalized spacial score (nSPS) is 21.7. The average Bonchev–Trinajstić information content (AvgIpc) is 3.94. The number of aromatic nitrogens is 2. The molecule has 4 N–H and O–H groups in total. The first-order valence-electron chi connectivity index (χ1n) is 17.6. The molecular weight excluding hydrogens is 678 g/mol. The van der Waals surface area contributed by atoms with E-state index in [-0.39, 0.29) is 41.4 Å². The second kappa shape index (κ2) is 12.9. The van der Waals surface area contributed by atoms with Crippen molar-refractivity contribution in [1.82, 2.24) is 20.6 Å². The summed E-state index contributed by atoms with van der Waals surface area (Å²) in [7, 11) is 1.26. The SMILES string of the molecule is COC(=O)c1coc(-c2nc3oc2C24c5cc(ccc5O[C@H]2Nc2c(-c5ccccc5)cccc24)C[C@H](NC(=O)[C@@H](O)C(C)C)C(=O)N[C@H]3C(C)C)n1. The third-order valence-electron chi connectivity index (χ3n) is 10.3. The minimum atomic E-state index is -1.31. The number of hydrogen-bond acceptors (Lipinski definition) is 11. The summed E-state index contributed by atoms with van der Waals surface area (Å²) in [5.41, 5.74) is 4.06. The zero-order chi connectivity index (χ0) is 37.2. The Morgan fingerprint density at radius 3 is 2.53 bits per heavy atom. The number of nitrogens with one attached hydrogen (secondary N) is 3. The lowest BCUT2D eigenvalue weighted by atomic mass is 9.72. The summed E-state index contributed by atoms with van der Waals surface area (Å²) in [5.74, 6) is -1.33. The van der Waals surface area contributed by atoms with Crippen molar-refractivity contribution in [3.63, 3.8) is 0 Å². The molecule has 3 aliphatic heterocycles. The summed E-state index contributed by atoms with van der Waals surface area (Å²) in [6.07, 6.45) is -0.717. The Morgan fingerprint density at radius 1 is 1.00 bits per heavy atom. The van der Waals surface area contributed by atoms with Crippen molar-refractivity contribution in [2.75, 3.05) is 12.4 Å². The van der Waals surface area contributed by atoms with Gasteiger partial charge in [-0.15, -0.1) is 0 Å². The minimum Gasteiger partial charge on any atom is -0.469 e. The van der Waals surface area contributed by atoms with E-state index < -0.39 is 47.6 Å². The van der Waals surface area contributed by atoms with Crippen LogP contribution < -0.4 is 20.7 Å². The number of benzene rings is 3. The third kappa shape index (κ3) is 5.45. The van der Waals surface area contributed by atoms with Crippen LogP contribution in [0.5, 0.6) is 5.75 Å². The number of oxazole rings is 2. The Labute approximate surface area is 305 Å². The first-order valence-corrected chi connectivity index (χ1v) is 17.6. The lowest BCUT2D eigenvalue weighted by Gasteiger charge is -2.29. The molecule has 0 aliphatic carbocycles. The number of aliphatic hydroxyl groups excluding tert-OH is 1. The van der Waals surface area contributed by atoms with Crippen molar-refractivity contribution >= 4 is 23.5 Å². The molecule has 53 heavy (non-hydrogen) atoms. The van der Waals surface area contributed by atoms with E-state index in [0.29, 0.717) is 11.5 Å². The van der Waals surface area contributed by atoms with E-state index in [4.69, 9.17) is 23.3 Å². The fourth-order valence-corrected chi connectivity index (χ4v) is 7.52. The molecule has 1 unspecified atom stereocenters. The number of nitrogens with zero attached hydrogens (tertiary/aromatic N) is 2. The van der Waals surface area contributed by atoms with Gasteiger partial charge in [-0.3, -0.25) is 9.59 Å². The van der Waals surface area contributed by atoms with Crippen molar-refractivity contribution in [2.24, 2.45) is 11.8 Å². The molecule has 0 saturated heterocycles. The topological polar surface area (TPSA) is 178 Å². The Kier molecular flexibility index (Phi) is 8.33. The van der Waals surface area contributed by atoms with Crippen molar-refractivity contribution in [1.29, 1.82) is 0 Å². The van der Waals surface area contributed by atoms with Gasteiger partial charge in [0.15, 0.2) is 23.4 Å². The van der Waals surface area contributed by atoms with Gasteiger partial charge >= 0.3 is 5.97 Å². The van der Waals surface area contributed by atoms with E-state index in [9.17, 15) is 19.5 Å². The molecule has 1 spiro atoms. The van der Waals surface area contributed by atoms with E-state index in [1.807, 2.05) is 80.6 Å². The Hall–Kier alpha value is -5.95. The molecule has 3 aromatic carbocycles. The Balaban J connectivity index is 1.40. The lowest BCUT2D eigenvalue weighted by Crippen LogP contribution is -2.52. The van der Waals surface area contributed by atoms with Crippen molar-refractivity contribution < 1.29 is 37.8 Å². The summed E-state index contributed by atoms with van der Waals surface area (Å²) >= 11 is 0. The predicted octanol–water partition coefficient (Wildman–Crippen LogP) is 5.13. The highest BCUT2D eigenvalue weighted by molar-refractivity contribution is 5.91. The van der Waals surface area contributed by atoms with Crippen LogP contribution in [0.4, 0.5) is 5.69 Å². The monoisotopic (exact) mass is 717 g/mol. The van der Waals surface area contributed by atoms with Gasteiger partial charge in [-0.25, -0.2) is 14.8 Å². The molecule has 13 nitrogen and oxygen atoms in total. The van der Waals surface area contributed by atoms with E-state index >= 15 is 0 Å². The maximum atomic E-state index is 14.1. The van der Waals surface area contributed by atoms with Crippen LogP contribution in [0, 0.1) is 11.8 Å². The summed E-state index contributed by atoms with van der Waals surface area (Å²) in [5, 5.41) is 20.1. The molecule has 5 aromatic rings. The number of fused-ring (bicyclic) bond motifs is 4. The second-order valence-electron chi connectivity index (χ2n) is 14.3. The van der Waals surface area contributed by atoms with Gasteiger partial charge in [0, 0.05) is 28.8 Å². The third-order valence-corrected chi connectivity index (χ3v) is 10.3. The maximum Gasteiger partial charge on any atom is 0.360 e. The number of anilines is 1. The number of carbonyl (C=O) groups excluding carboxylic acids is 3. The van der Waals surface area contributed by atoms with Gasteiger partial charge in [-0.1, -0.05) is 88.4 Å². The number of rotatable bonds is 7. The molecule has 0 fully saturated rings. The average molecular weight is 718 g/mol. The number of amides is 2. The number of ether oxygens (including phenoxy) is 2. The van der Waals surface area contributed by atoms with Crippen molar-refractivity contribution in [3.05, 3.63) is 107 Å². The molecule has 2 amide bonds. The summed E-state index contributed by atoms with van der Waals surface area (Å²) < 4.78 is 24.5. The highest BCUT2D eigenvalue weighted by atomic mass is 16.5. The zero-order valence-electron chi connectivity index (χ0n) is 29.8. The van der Waals surface area contributed by atoms with Crippen LogP contribution in [0.25, 0.3) is 22.7 Å². The summed E-state index contributed by atoms with van der Waals surface area (Å²) in [6.45, 7) is 7.28. The first kappa shape index (κ1) is 34.2. The molecule has 272 valence electrons. The highest BCUT2D eigenvalue weighted by Gasteiger charge is 2.61. The fraction of sp³-hybridized carbons (Fsp3) is 0.325. The maximum absolute atomic E-state index is 14.1. The second-order valence-corrected chi connectivity index (χ2v) is 14.3. The largest absolute Gasteiger partial charge is 0.469 e. The molecule has 0 radical (unpaired) electrons. The van der Waals surface area contributed by atoms with Crippen LogP contribution >= 0.6 is 0 Å². The van der Waals surface area contributed by atoms with Gasteiger partial charge in [0.05, 0.1) is 7.11 Å². The molecular formula is C40H39N5O8. The molecule has 0 saturated carbocycles. The van der Waals surface area contributed by atoms with Crippen LogP contribution in [0.2, 0.25) is 0 Å². The predicted molar refractivity (Wildman–Crippen MR) is 192 cm³/mol. The van der Waals surface area contributed by atoms with Crippen molar-refractivity contribution in [3.8, 4) is 28.5 Å². The molecule has 3 aliphatic rings. The Bertz CT molecular complexity index is 2240. The number of aliphatic hydroxyl groups is 1. The van der Waals surface area contributed by atoms with Crippen LogP contribution in [0.3, 0.4) is 0 Å². The van der Waals surface area contributed by atoms with E-state index in [1.165, 1.54) is 13.4 Å². The van der Waals surface area contributed by atoms with Gasteiger partial charge in [-0.2, -0.15) is 0 Å². The number of carbonyl (C=O) groups is 3. The number of para-hydroxylation sites is 1. The van der Waals surface area contributed by atoms with Gasteiger partial charge in [-0.05, 0) is 29.0 Å². The molecule has 13 heteroatoms. The van der Waals surface area contributed by atoms with Crippen LogP contribution in [-0.2, 0) is 26.2 Å². The molecule has 4 bridgehead atoms. The smallest absolute Gasteiger partial charge is 0.360 e. The van der Waals surface area contributed by atoms with Gasteiger partial charge in [0.25, 0.3) is 0 Å². The van der Waals surface area contributed by atoms with Gasteiger partial charge < -0.3 is 39.4 Å². The number of methoxy groups -OCH3 is 1. The number of esters is 1. The molecule has 8 rings (SSSR count). The fourth-order valence-electron chi connectivity index (χ4n) is 7.52. The molecule has 5 heterocycles. The Morgan fingerprint density at radius 2 is 1.79 bits per heavy atom. The highest BCUT2D eigenvalue weighted by Crippen LogP contribution is 2.60. The zero-order valence-corrected chi connectivity index (χ0v) is 29.8. The van der Waals surface area contributed by atoms with Crippen LogP contribution in [-0.4, -0.2) is 58.3 Å². The van der Waals surface area contributed by atoms with Gasteiger partial charge in [0.1, 0.15) is 35.6 Å². The van der Waals surface area contributed by atoms with Crippen LogP contribution in [0.15, 0.2) is 81.8 Å². The van der Waals surface area contributed by atoms with Crippen LogP contribution in [0.1, 0.15) is 72.6 Å². The van der Waals surface area contributed by atoms with Gasteiger partial charge in [0.2, 0.25) is 23.6 Å². The lowest BCUT2D eigenvalue weighted by molar-refractivity contribution is -0.135. The standard InChI is InChI=1S/C40H39N5O8/c1-19(2)29-37-44-31(36-42-27(18-51-36)38(49)50-5)33(53-37)40-24-13-9-12-23(22-10-7-6-8-11-22)30(24)45-39(40)52-28-15-14-21(16-25(28)40)17-26(34(47)43-29)41-35(48)32(46)20(3)4/h6-16,18-20,26,29,32,39,45-46H,17H2,1-5H3,(H,41,48)(H,43,47)/t26-,29-,32-,39+,40?/m0/s1. The number of hydrogen-bond donors (Lipinski definition) is 4. The van der Waals surface area contributed by atoms with Crippen molar-refractivity contribution in [2.45, 2.75) is 63.9 Å². The summed E-state index contributed by atoms with van der Waals surface area (Å²) in [4.78, 5) is 49.3. The van der Waals surface area contributed by atoms with E-state index in [2.05, 4.69) is 20.9 Å². The quantitative estimate of drug-likeness (QED) is 0.164.